The van der Waals surface area contributed by atoms with Crippen LogP contribution in [0.3, 0.4) is 0 Å². The van der Waals surface area contributed by atoms with Crippen LogP contribution in [0.15, 0.2) is 0 Å². The fourth-order valence-corrected chi connectivity index (χ4v) is 3.14. The van der Waals surface area contributed by atoms with Crippen molar-refractivity contribution < 1.29 is 19.8 Å². The molecule has 0 amide bonds. The molecular formula is C10H14O4. The van der Waals surface area contributed by atoms with Crippen LogP contribution in [-0.4, -0.2) is 22.2 Å². The van der Waals surface area contributed by atoms with Crippen molar-refractivity contribution in [2.75, 3.05) is 0 Å². The summed E-state index contributed by atoms with van der Waals surface area (Å²) in [4.78, 5) is 21.8. The third-order valence-electron chi connectivity index (χ3n) is 3.75. The summed E-state index contributed by atoms with van der Waals surface area (Å²) >= 11 is 0. The van der Waals surface area contributed by atoms with Gasteiger partial charge in [-0.25, -0.2) is 0 Å². The van der Waals surface area contributed by atoms with Crippen LogP contribution < -0.4 is 0 Å². The van der Waals surface area contributed by atoms with Crippen LogP contribution in [0.1, 0.15) is 25.7 Å². The minimum atomic E-state index is -0.930. The van der Waals surface area contributed by atoms with E-state index in [0.29, 0.717) is 0 Å². The van der Waals surface area contributed by atoms with E-state index in [9.17, 15) is 9.59 Å². The number of hydrogen-bond acceptors (Lipinski definition) is 2. The predicted octanol–water partition coefficient (Wildman–Crippen LogP) is 1.21. The van der Waals surface area contributed by atoms with E-state index >= 15 is 0 Å². The molecule has 2 rings (SSSR count). The number of carbonyl (C=O) groups is 2. The van der Waals surface area contributed by atoms with Gasteiger partial charge in [0.2, 0.25) is 0 Å². The molecule has 2 aliphatic carbocycles. The topological polar surface area (TPSA) is 74.6 Å². The van der Waals surface area contributed by atoms with Gasteiger partial charge in [-0.05, 0) is 24.7 Å². The number of carboxylic acids is 2. The third kappa shape index (κ3) is 1.21. The van der Waals surface area contributed by atoms with Crippen molar-refractivity contribution in [1.29, 1.82) is 0 Å². The van der Waals surface area contributed by atoms with Crippen molar-refractivity contribution in [2.45, 2.75) is 25.7 Å². The summed E-state index contributed by atoms with van der Waals surface area (Å²) in [6.07, 6.45) is 3.89. The number of fused-ring (bicyclic) bond motifs is 1. The highest BCUT2D eigenvalue weighted by Gasteiger charge is 2.57. The van der Waals surface area contributed by atoms with Gasteiger partial charge in [-0.2, -0.15) is 0 Å². The zero-order valence-electron chi connectivity index (χ0n) is 7.85. The van der Waals surface area contributed by atoms with Gasteiger partial charge in [-0.1, -0.05) is 12.8 Å². The highest BCUT2D eigenvalue weighted by molar-refractivity contribution is 5.82. The second-order valence-corrected chi connectivity index (χ2v) is 4.34. The Labute approximate surface area is 81.9 Å². The highest BCUT2D eigenvalue weighted by Crippen LogP contribution is 2.53. The molecule has 4 nitrogen and oxygen atoms in total. The molecule has 0 bridgehead atoms. The molecule has 0 aromatic rings. The molecule has 0 aliphatic heterocycles. The molecule has 14 heavy (non-hydrogen) atoms. The van der Waals surface area contributed by atoms with E-state index in [-0.39, 0.29) is 11.8 Å². The molecular weight excluding hydrogens is 184 g/mol. The van der Waals surface area contributed by atoms with Crippen molar-refractivity contribution in [2.24, 2.45) is 23.7 Å². The van der Waals surface area contributed by atoms with E-state index in [1.807, 2.05) is 0 Å². The molecule has 0 saturated heterocycles. The maximum atomic E-state index is 10.9. The quantitative estimate of drug-likeness (QED) is 0.699. The van der Waals surface area contributed by atoms with Gasteiger partial charge in [0.05, 0.1) is 11.8 Å². The molecule has 0 aromatic heterocycles. The van der Waals surface area contributed by atoms with Crippen molar-refractivity contribution >= 4 is 11.9 Å². The number of aliphatic carboxylic acids is 2. The molecule has 2 aliphatic rings. The lowest BCUT2D eigenvalue weighted by Gasteiger charge is -2.50. The van der Waals surface area contributed by atoms with Crippen molar-refractivity contribution in [1.82, 2.24) is 0 Å². The summed E-state index contributed by atoms with van der Waals surface area (Å²) in [6, 6.07) is 0. The molecule has 0 spiro atoms. The van der Waals surface area contributed by atoms with Gasteiger partial charge in [0.1, 0.15) is 0 Å². The fraction of sp³-hybridized carbons (Fsp3) is 0.800. The summed E-state index contributed by atoms with van der Waals surface area (Å²) in [5.74, 6) is -2.86. The Kier molecular flexibility index (Phi) is 2.21. The average molecular weight is 198 g/mol. The number of hydrogen-bond donors (Lipinski definition) is 2. The van der Waals surface area contributed by atoms with E-state index in [1.54, 1.807) is 0 Å². The van der Waals surface area contributed by atoms with E-state index in [1.165, 1.54) is 0 Å². The van der Waals surface area contributed by atoms with E-state index in [2.05, 4.69) is 0 Å². The second kappa shape index (κ2) is 3.26. The van der Waals surface area contributed by atoms with Gasteiger partial charge in [-0.15, -0.1) is 0 Å². The average Bonchev–Trinajstić information content (AvgIpc) is 2.05. The largest absolute Gasteiger partial charge is 0.481 e. The summed E-state index contributed by atoms with van der Waals surface area (Å²) in [5, 5.41) is 17.9. The zero-order valence-corrected chi connectivity index (χ0v) is 7.85. The Balaban J connectivity index is 2.15. The van der Waals surface area contributed by atoms with Crippen molar-refractivity contribution in [3.63, 3.8) is 0 Å². The molecule has 78 valence electrons. The highest BCUT2D eigenvalue weighted by atomic mass is 16.4. The minimum Gasteiger partial charge on any atom is -0.481 e. The van der Waals surface area contributed by atoms with Gasteiger partial charge in [0.15, 0.2) is 0 Å². The SMILES string of the molecule is O=C(O)[C@@H]1[C@@H]2CCCC[C@@H]2[C@@H]1C(=O)O. The smallest absolute Gasteiger partial charge is 0.307 e. The fourth-order valence-electron chi connectivity index (χ4n) is 3.14. The maximum Gasteiger partial charge on any atom is 0.307 e. The Morgan fingerprint density at radius 3 is 1.50 bits per heavy atom. The molecule has 0 aromatic carbocycles. The lowest BCUT2D eigenvalue weighted by atomic mass is 9.52. The molecule has 0 heterocycles. The predicted molar refractivity (Wildman–Crippen MR) is 47.7 cm³/mol. The van der Waals surface area contributed by atoms with Gasteiger partial charge in [0.25, 0.3) is 0 Å². The molecule has 2 fully saturated rings. The van der Waals surface area contributed by atoms with Gasteiger partial charge in [-0.3, -0.25) is 9.59 Å². The minimum absolute atomic E-state index is 0.127. The standard InChI is InChI=1S/C10H14O4/c11-9(12)7-5-3-1-2-4-6(5)8(7)10(13)14/h5-8H,1-4H2,(H,11,12)(H,13,14)/t5-,6+,7-,8+. The molecule has 2 saturated carbocycles. The summed E-state index contributed by atoms with van der Waals surface area (Å²) in [6.45, 7) is 0. The van der Waals surface area contributed by atoms with Gasteiger partial charge >= 0.3 is 11.9 Å². The van der Waals surface area contributed by atoms with Crippen LogP contribution in [0, 0.1) is 23.7 Å². The lowest BCUT2D eigenvalue weighted by Crippen LogP contribution is -2.55. The normalized spacial score (nSPS) is 40.9. The van der Waals surface area contributed by atoms with Crippen LogP contribution in [0.4, 0.5) is 0 Å². The van der Waals surface area contributed by atoms with E-state index in [0.717, 1.165) is 25.7 Å². The molecule has 2 N–H and O–H groups in total. The summed E-state index contributed by atoms with van der Waals surface area (Å²) in [5.41, 5.74) is 0. The monoisotopic (exact) mass is 198 g/mol. The van der Waals surface area contributed by atoms with Gasteiger partial charge < -0.3 is 10.2 Å². The molecule has 0 radical (unpaired) electrons. The summed E-state index contributed by atoms with van der Waals surface area (Å²) < 4.78 is 0. The first-order chi connectivity index (χ1) is 6.63. The lowest BCUT2D eigenvalue weighted by molar-refractivity contribution is -0.178. The maximum absolute atomic E-state index is 10.9. The van der Waals surface area contributed by atoms with Crippen molar-refractivity contribution in [3.05, 3.63) is 0 Å². The third-order valence-corrected chi connectivity index (χ3v) is 3.75. The zero-order chi connectivity index (χ0) is 10.3. The van der Waals surface area contributed by atoms with Crippen LogP contribution >= 0.6 is 0 Å². The summed E-state index contributed by atoms with van der Waals surface area (Å²) in [7, 11) is 0. The molecule has 4 heteroatoms. The number of rotatable bonds is 2. The first kappa shape index (κ1) is 9.49. The second-order valence-electron chi connectivity index (χ2n) is 4.34. The Bertz CT molecular complexity index is 245. The Morgan fingerprint density at radius 1 is 0.857 bits per heavy atom. The van der Waals surface area contributed by atoms with Gasteiger partial charge in [0, 0.05) is 0 Å². The van der Waals surface area contributed by atoms with E-state index < -0.39 is 23.8 Å². The molecule has 0 unspecified atom stereocenters. The van der Waals surface area contributed by atoms with Crippen LogP contribution in [0.5, 0.6) is 0 Å². The Morgan fingerprint density at radius 2 is 1.21 bits per heavy atom. The van der Waals surface area contributed by atoms with Crippen molar-refractivity contribution in [3.8, 4) is 0 Å². The van der Waals surface area contributed by atoms with Crippen LogP contribution in [-0.2, 0) is 9.59 Å². The first-order valence-electron chi connectivity index (χ1n) is 5.08. The van der Waals surface area contributed by atoms with Crippen LogP contribution in [0.25, 0.3) is 0 Å². The number of carboxylic acid groups (broad SMARTS) is 2. The first-order valence-corrected chi connectivity index (χ1v) is 5.08. The van der Waals surface area contributed by atoms with E-state index in [4.69, 9.17) is 10.2 Å². The Hall–Kier alpha value is -1.06. The van der Waals surface area contributed by atoms with Crippen LogP contribution in [0.2, 0.25) is 0 Å². The molecule has 4 atom stereocenters.